The van der Waals surface area contributed by atoms with Crippen molar-refractivity contribution in [1.82, 2.24) is 0 Å². The molecular formula is C71H124O6. The third kappa shape index (κ3) is 63.3. The Morgan fingerprint density at radius 1 is 0.273 bits per heavy atom. The second-order valence-electron chi connectivity index (χ2n) is 22.0. The van der Waals surface area contributed by atoms with Gasteiger partial charge in [0.25, 0.3) is 0 Å². The molecule has 0 saturated heterocycles. The Morgan fingerprint density at radius 2 is 0.506 bits per heavy atom. The van der Waals surface area contributed by atoms with E-state index in [0.717, 1.165) is 109 Å². The quantitative estimate of drug-likeness (QED) is 0.0261. The predicted octanol–water partition coefficient (Wildman–Crippen LogP) is 22.7. The van der Waals surface area contributed by atoms with Gasteiger partial charge < -0.3 is 14.2 Å². The predicted molar refractivity (Wildman–Crippen MR) is 334 cm³/mol. The fourth-order valence-electron chi connectivity index (χ4n) is 9.44. The van der Waals surface area contributed by atoms with E-state index in [1.54, 1.807) is 0 Å². The van der Waals surface area contributed by atoms with Crippen molar-refractivity contribution in [3.8, 4) is 0 Å². The van der Waals surface area contributed by atoms with Gasteiger partial charge in [0.05, 0.1) is 0 Å². The van der Waals surface area contributed by atoms with Crippen molar-refractivity contribution in [2.45, 2.75) is 335 Å². The van der Waals surface area contributed by atoms with Crippen molar-refractivity contribution in [2.24, 2.45) is 0 Å². The summed E-state index contributed by atoms with van der Waals surface area (Å²) in [6, 6.07) is 0. The van der Waals surface area contributed by atoms with Crippen LogP contribution in [0.3, 0.4) is 0 Å². The number of hydrogen-bond donors (Lipinski definition) is 0. The third-order valence-electron chi connectivity index (χ3n) is 14.4. The molecule has 0 aliphatic carbocycles. The average molecular weight is 1070 g/mol. The van der Waals surface area contributed by atoms with Gasteiger partial charge in [0, 0.05) is 19.3 Å². The van der Waals surface area contributed by atoms with Crippen LogP contribution < -0.4 is 0 Å². The highest BCUT2D eigenvalue weighted by Crippen LogP contribution is 2.17. The Labute approximate surface area is 477 Å². The van der Waals surface area contributed by atoms with Gasteiger partial charge in [-0.15, -0.1) is 0 Å². The summed E-state index contributed by atoms with van der Waals surface area (Å²) in [6.07, 6.45) is 85.9. The maximum atomic E-state index is 12.9. The highest BCUT2D eigenvalue weighted by molar-refractivity contribution is 5.71. The first-order valence-corrected chi connectivity index (χ1v) is 33.1. The van der Waals surface area contributed by atoms with Gasteiger partial charge in [0.2, 0.25) is 0 Å². The maximum absolute atomic E-state index is 12.9. The molecule has 0 bridgehead atoms. The van der Waals surface area contributed by atoms with Crippen LogP contribution in [0.2, 0.25) is 0 Å². The first-order valence-electron chi connectivity index (χ1n) is 33.1. The lowest BCUT2D eigenvalue weighted by Crippen LogP contribution is -2.30. The van der Waals surface area contributed by atoms with E-state index >= 15 is 0 Å². The van der Waals surface area contributed by atoms with Gasteiger partial charge in [-0.3, -0.25) is 14.4 Å². The Kier molecular flexibility index (Phi) is 62.2. The molecule has 0 N–H and O–H groups in total. The smallest absolute Gasteiger partial charge is 0.306 e. The summed E-state index contributed by atoms with van der Waals surface area (Å²) in [7, 11) is 0. The summed E-state index contributed by atoms with van der Waals surface area (Å²) in [5.74, 6) is -0.879. The molecule has 0 rings (SSSR count). The molecule has 0 saturated carbocycles. The van der Waals surface area contributed by atoms with Crippen molar-refractivity contribution in [2.75, 3.05) is 13.2 Å². The van der Waals surface area contributed by atoms with E-state index < -0.39 is 6.10 Å². The van der Waals surface area contributed by atoms with Gasteiger partial charge in [-0.1, -0.05) is 298 Å². The van der Waals surface area contributed by atoms with Crippen molar-refractivity contribution in [1.29, 1.82) is 0 Å². The number of ether oxygens (including phenoxy) is 3. The van der Waals surface area contributed by atoms with Crippen LogP contribution in [-0.4, -0.2) is 37.2 Å². The van der Waals surface area contributed by atoms with Crippen molar-refractivity contribution in [3.05, 3.63) is 85.1 Å². The van der Waals surface area contributed by atoms with Gasteiger partial charge in [0.15, 0.2) is 6.10 Å². The molecule has 0 aliphatic heterocycles. The summed E-state index contributed by atoms with van der Waals surface area (Å²) < 4.78 is 16.9. The van der Waals surface area contributed by atoms with E-state index in [1.165, 1.54) is 180 Å². The van der Waals surface area contributed by atoms with Crippen LogP contribution >= 0.6 is 0 Å². The van der Waals surface area contributed by atoms with E-state index in [-0.39, 0.29) is 31.1 Å². The number of carbonyl (C=O) groups is 3. The molecule has 0 radical (unpaired) electrons. The fraction of sp³-hybridized carbons (Fsp3) is 0.761. The Hall–Kier alpha value is -3.41. The lowest BCUT2D eigenvalue weighted by Gasteiger charge is -2.18. The molecule has 0 heterocycles. The standard InChI is InChI=1S/C71H124O6/c1-4-7-10-13-16-19-22-25-28-30-31-32-33-34-35-36-37-38-39-41-43-46-49-52-55-58-61-64-70(73)76-67-68(66-75-69(72)63-60-57-54-51-48-45-42-27-24-21-18-15-12-9-6-3)77-71(74)65-62-59-56-53-50-47-44-40-29-26-23-20-17-14-11-8-5-2/h7,10,16,18-19,21,25,27-28,31-32,34-35,42,68H,4-6,8-9,11-15,17,20,22-24,26,29-30,33,36-41,43-67H2,1-3H3/b10-7-,19-16-,21-18-,28-25-,32-31-,35-34-,42-27-. The largest absolute Gasteiger partial charge is 0.462 e. The topological polar surface area (TPSA) is 78.9 Å². The molecule has 6 heteroatoms. The number of allylic oxidation sites excluding steroid dienone is 14. The summed E-state index contributed by atoms with van der Waals surface area (Å²) in [4.78, 5) is 38.4. The van der Waals surface area contributed by atoms with Crippen LogP contribution in [0, 0.1) is 0 Å². The molecule has 0 amide bonds. The highest BCUT2D eigenvalue weighted by Gasteiger charge is 2.19. The number of carbonyl (C=O) groups excluding carboxylic acids is 3. The first-order chi connectivity index (χ1) is 38.0. The SMILES string of the molecule is CC/C=C\C/C=C\C/C=C\C/C=C\C/C=C\CCCCCCCCCCCCCC(=O)OCC(COC(=O)CCCCCCC/C=C\C/C=C\CCCCC)OC(=O)CCCCCCCCCCCCCCCCCCC. The number of rotatable bonds is 60. The minimum absolute atomic E-state index is 0.0794. The van der Waals surface area contributed by atoms with Gasteiger partial charge in [0.1, 0.15) is 13.2 Å². The molecule has 0 aromatic heterocycles. The molecule has 0 aromatic rings. The van der Waals surface area contributed by atoms with Crippen LogP contribution in [-0.2, 0) is 28.6 Å². The van der Waals surface area contributed by atoms with Gasteiger partial charge in [-0.2, -0.15) is 0 Å². The first kappa shape index (κ1) is 73.6. The summed E-state index contributed by atoms with van der Waals surface area (Å²) in [5.41, 5.74) is 0. The Morgan fingerprint density at radius 3 is 0.818 bits per heavy atom. The summed E-state index contributed by atoms with van der Waals surface area (Å²) >= 11 is 0. The van der Waals surface area contributed by atoms with E-state index in [9.17, 15) is 14.4 Å². The zero-order valence-corrected chi connectivity index (χ0v) is 51.0. The second kappa shape index (κ2) is 65.1. The summed E-state index contributed by atoms with van der Waals surface area (Å²) in [6.45, 7) is 6.53. The maximum Gasteiger partial charge on any atom is 0.306 e. The number of hydrogen-bond acceptors (Lipinski definition) is 6. The normalized spacial score (nSPS) is 12.6. The van der Waals surface area contributed by atoms with E-state index in [2.05, 4.69) is 106 Å². The minimum atomic E-state index is -0.783. The molecule has 6 nitrogen and oxygen atoms in total. The second-order valence-corrected chi connectivity index (χ2v) is 22.0. The summed E-state index contributed by atoms with van der Waals surface area (Å²) in [5, 5.41) is 0. The Balaban J connectivity index is 4.31. The van der Waals surface area contributed by atoms with E-state index in [4.69, 9.17) is 14.2 Å². The van der Waals surface area contributed by atoms with Crippen LogP contribution in [0.5, 0.6) is 0 Å². The van der Waals surface area contributed by atoms with Crippen molar-refractivity contribution < 1.29 is 28.6 Å². The molecule has 0 fully saturated rings. The molecule has 1 atom stereocenters. The van der Waals surface area contributed by atoms with Crippen molar-refractivity contribution >= 4 is 17.9 Å². The highest BCUT2D eigenvalue weighted by atomic mass is 16.6. The molecule has 1 unspecified atom stereocenters. The molecule has 77 heavy (non-hydrogen) atoms. The molecule has 0 spiro atoms. The average Bonchev–Trinajstić information content (AvgIpc) is 3.43. The molecular weight excluding hydrogens is 949 g/mol. The lowest BCUT2D eigenvalue weighted by molar-refractivity contribution is -0.167. The van der Waals surface area contributed by atoms with Crippen LogP contribution in [0.15, 0.2) is 85.1 Å². The molecule has 0 aliphatic rings. The van der Waals surface area contributed by atoms with Gasteiger partial charge in [-0.25, -0.2) is 0 Å². The number of esters is 3. The fourth-order valence-corrected chi connectivity index (χ4v) is 9.44. The molecule has 0 aromatic carbocycles. The molecule has 444 valence electrons. The zero-order chi connectivity index (χ0) is 55.7. The van der Waals surface area contributed by atoms with Crippen LogP contribution in [0.1, 0.15) is 329 Å². The minimum Gasteiger partial charge on any atom is -0.462 e. The van der Waals surface area contributed by atoms with E-state index in [0.29, 0.717) is 19.3 Å². The third-order valence-corrected chi connectivity index (χ3v) is 14.4. The van der Waals surface area contributed by atoms with Crippen LogP contribution in [0.4, 0.5) is 0 Å². The Bertz CT molecular complexity index is 1470. The van der Waals surface area contributed by atoms with E-state index in [1.807, 2.05) is 0 Å². The van der Waals surface area contributed by atoms with Gasteiger partial charge >= 0.3 is 17.9 Å². The zero-order valence-electron chi connectivity index (χ0n) is 51.0. The number of unbranched alkanes of at least 4 members (excludes halogenated alkanes) is 35. The lowest BCUT2D eigenvalue weighted by atomic mass is 10.0. The van der Waals surface area contributed by atoms with Crippen LogP contribution in [0.25, 0.3) is 0 Å². The van der Waals surface area contributed by atoms with Gasteiger partial charge in [-0.05, 0) is 96.3 Å². The van der Waals surface area contributed by atoms with Crippen molar-refractivity contribution in [3.63, 3.8) is 0 Å². The monoisotopic (exact) mass is 1070 g/mol.